The second-order valence-corrected chi connectivity index (χ2v) is 6.89. The van der Waals surface area contributed by atoms with E-state index < -0.39 is 0 Å². The first kappa shape index (κ1) is 17.3. The normalized spacial score (nSPS) is 17.2. The molecule has 0 radical (unpaired) electrons. The van der Waals surface area contributed by atoms with Crippen LogP contribution in [0, 0.1) is 0 Å². The number of rotatable bonds is 4. The zero-order chi connectivity index (χ0) is 18.0. The highest BCUT2D eigenvalue weighted by Gasteiger charge is 2.27. The Morgan fingerprint density at radius 2 is 1.96 bits per heavy atom. The van der Waals surface area contributed by atoms with Crippen LogP contribution in [0.1, 0.15) is 32.3 Å². The molecular weight excluding hydrogens is 322 g/mol. The molecule has 2 aliphatic heterocycles. The maximum atomic E-state index is 12.3. The van der Waals surface area contributed by atoms with Crippen molar-refractivity contribution in [2.75, 3.05) is 26.8 Å². The molecule has 1 N–H and O–H groups in total. The fourth-order valence-corrected chi connectivity index (χ4v) is 2.80. The van der Waals surface area contributed by atoms with Crippen molar-refractivity contribution in [2.24, 2.45) is 5.10 Å². The van der Waals surface area contributed by atoms with E-state index in [2.05, 4.69) is 24.3 Å². The highest BCUT2D eigenvalue weighted by atomic mass is 16.6. The van der Waals surface area contributed by atoms with Gasteiger partial charge < -0.3 is 14.8 Å². The van der Waals surface area contributed by atoms with Gasteiger partial charge in [-0.15, -0.1) is 0 Å². The summed E-state index contributed by atoms with van der Waals surface area (Å²) < 4.78 is 11.2. The van der Waals surface area contributed by atoms with Crippen LogP contribution in [0.25, 0.3) is 0 Å². The molecule has 25 heavy (non-hydrogen) atoms. The Labute approximate surface area is 147 Å². The van der Waals surface area contributed by atoms with Crippen molar-refractivity contribution >= 4 is 17.5 Å². The minimum atomic E-state index is -0.289. The van der Waals surface area contributed by atoms with Gasteiger partial charge in [-0.3, -0.25) is 9.59 Å². The Morgan fingerprint density at radius 3 is 2.68 bits per heavy atom. The van der Waals surface area contributed by atoms with E-state index in [1.807, 2.05) is 18.2 Å². The van der Waals surface area contributed by atoms with E-state index in [1.165, 1.54) is 5.01 Å². The van der Waals surface area contributed by atoms with Gasteiger partial charge in [0.1, 0.15) is 18.9 Å². The average molecular weight is 345 g/mol. The topological polar surface area (TPSA) is 80.2 Å². The summed E-state index contributed by atoms with van der Waals surface area (Å²) in [6.07, 6.45) is 0.688. The third-order valence-corrected chi connectivity index (χ3v) is 4.48. The second-order valence-electron chi connectivity index (χ2n) is 6.89. The van der Waals surface area contributed by atoms with Crippen molar-refractivity contribution in [3.8, 4) is 11.5 Å². The van der Waals surface area contributed by atoms with Crippen LogP contribution in [-0.4, -0.2) is 49.3 Å². The number of carbonyl (C=O) groups excluding carboxylic acids is 2. The van der Waals surface area contributed by atoms with E-state index in [4.69, 9.17) is 9.47 Å². The average Bonchev–Trinajstić information content (AvgIpc) is 2.61. The standard InChI is InChI=1S/C18H23N3O4/c1-18(2,12-4-6-14-15(10-12)25-9-8-24-14)11-19-17(23)13-5-7-16(22)21(3)20-13/h4,6,10H,5,7-9,11H2,1-3H3,(H,19,23). The van der Waals surface area contributed by atoms with Crippen LogP contribution in [-0.2, 0) is 15.0 Å². The lowest BCUT2D eigenvalue weighted by atomic mass is 9.84. The first-order chi connectivity index (χ1) is 11.9. The van der Waals surface area contributed by atoms with Crippen molar-refractivity contribution in [2.45, 2.75) is 32.1 Å². The van der Waals surface area contributed by atoms with Gasteiger partial charge in [0.2, 0.25) is 5.91 Å². The third-order valence-electron chi connectivity index (χ3n) is 4.48. The van der Waals surface area contributed by atoms with Crippen LogP contribution in [0.3, 0.4) is 0 Å². The maximum Gasteiger partial charge on any atom is 0.267 e. The molecule has 0 fully saturated rings. The van der Waals surface area contributed by atoms with Crippen LogP contribution in [0.15, 0.2) is 23.3 Å². The van der Waals surface area contributed by atoms with E-state index in [-0.39, 0.29) is 17.2 Å². The van der Waals surface area contributed by atoms with Crippen molar-refractivity contribution in [3.05, 3.63) is 23.8 Å². The van der Waals surface area contributed by atoms with Gasteiger partial charge in [-0.05, 0) is 17.7 Å². The number of amides is 2. The predicted octanol–water partition coefficient (Wildman–Crippen LogP) is 1.46. The van der Waals surface area contributed by atoms with Gasteiger partial charge in [-0.1, -0.05) is 19.9 Å². The molecule has 0 unspecified atom stereocenters. The summed E-state index contributed by atoms with van der Waals surface area (Å²) in [5.41, 5.74) is 1.15. The summed E-state index contributed by atoms with van der Waals surface area (Å²) in [4.78, 5) is 23.8. The van der Waals surface area contributed by atoms with Gasteiger partial charge in [-0.25, -0.2) is 5.01 Å². The highest BCUT2D eigenvalue weighted by Crippen LogP contribution is 2.34. The van der Waals surface area contributed by atoms with Gasteiger partial charge in [0.05, 0.1) is 0 Å². The van der Waals surface area contributed by atoms with Crippen LogP contribution < -0.4 is 14.8 Å². The molecule has 2 heterocycles. The van der Waals surface area contributed by atoms with Gasteiger partial charge in [0.15, 0.2) is 11.5 Å². The third kappa shape index (κ3) is 3.75. The second kappa shape index (κ2) is 6.74. The van der Waals surface area contributed by atoms with E-state index in [0.29, 0.717) is 38.3 Å². The van der Waals surface area contributed by atoms with Crippen LogP contribution in [0.2, 0.25) is 0 Å². The molecule has 1 aromatic rings. The number of hydrogen-bond acceptors (Lipinski definition) is 5. The van der Waals surface area contributed by atoms with Gasteiger partial charge in [0.25, 0.3) is 5.91 Å². The molecule has 0 atom stereocenters. The molecule has 0 aromatic heterocycles. The van der Waals surface area contributed by atoms with E-state index in [9.17, 15) is 9.59 Å². The molecule has 0 spiro atoms. The smallest absolute Gasteiger partial charge is 0.267 e. The first-order valence-electron chi connectivity index (χ1n) is 8.39. The molecule has 7 nitrogen and oxygen atoms in total. The minimum absolute atomic E-state index is 0.0758. The Bertz CT molecular complexity index is 727. The summed E-state index contributed by atoms with van der Waals surface area (Å²) >= 11 is 0. The molecule has 2 aliphatic rings. The highest BCUT2D eigenvalue weighted by molar-refractivity contribution is 6.39. The van der Waals surface area contributed by atoms with Crippen LogP contribution in [0.5, 0.6) is 11.5 Å². The Hall–Kier alpha value is -2.57. The fraction of sp³-hybridized carbons (Fsp3) is 0.500. The quantitative estimate of drug-likeness (QED) is 0.896. The number of nitrogens with zero attached hydrogens (tertiary/aromatic N) is 2. The molecule has 1 aromatic carbocycles. The SMILES string of the molecule is CN1N=C(C(=O)NCC(C)(C)c2ccc3c(c2)OCCO3)CCC1=O. The molecule has 0 bridgehead atoms. The van der Waals surface area contributed by atoms with Crippen molar-refractivity contribution in [3.63, 3.8) is 0 Å². The van der Waals surface area contributed by atoms with Crippen LogP contribution in [0.4, 0.5) is 0 Å². The molecule has 134 valence electrons. The molecule has 7 heteroatoms. The summed E-state index contributed by atoms with van der Waals surface area (Å²) in [5.74, 6) is 1.18. The number of ether oxygens (including phenoxy) is 2. The number of fused-ring (bicyclic) bond motifs is 1. The lowest BCUT2D eigenvalue weighted by Crippen LogP contribution is -2.42. The zero-order valence-electron chi connectivity index (χ0n) is 14.8. The van der Waals surface area contributed by atoms with Gasteiger partial charge in [0, 0.05) is 31.8 Å². The summed E-state index contributed by atoms with van der Waals surface area (Å²) in [7, 11) is 1.56. The fourth-order valence-electron chi connectivity index (χ4n) is 2.80. The number of carbonyl (C=O) groups is 2. The van der Waals surface area contributed by atoms with Crippen LogP contribution >= 0.6 is 0 Å². The van der Waals surface area contributed by atoms with E-state index >= 15 is 0 Å². The summed E-state index contributed by atoms with van der Waals surface area (Å²) in [6.45, 7) is 5.65. The summed E-state index contributed by atoms with van der Waals surface area (Å²) in [5, 5.41) is 8.20. The monoisotopic (exact) mass is 345 g/mol. The molecular formula is C18H23N3O4. The number of nitrogens with one attached hydrogen (secondary N) is 1. The Morgan fingerprint density at radius 1 is 1.24 bits per heavy atom. The Kier molecular flexibility index (Phi) is 4.65. The Balaban J connectivity index is 1.66. The molecule has 0 aliphatic carbocycles. The maximum absolute atomic E-state index is 12.3. The zero-order valence-corrected chi connectivity index (χ0v) is 14.8. The molecule has 0 saturated heterocycles. The number of hydrazone groups is 1. The molecule has 0 saturated carbocycles. The van der Waals surface area contributed by atoms with Crippen molar-refractivity contribution in [1.29, 1.82) is 0 Å². The van der Waals surface area contributed by atoms with Gasteiger partial charge >= 0.3 is 0 Å². The lowest BCUT2D eigenvalue weighted by molar-refractivity contribution is -0.130. The number of hydrogen-bond donors (Lipinski definition) is 1. The van der Waals surface area contributed by atoms with E-state index in [0.717, 1.165) is 17.1 Å². The van der Waals surface area contributed by atoms with Crippen molar-refractivity contribution < 1.29 is 19.1 Å². The first-order valence-corrected chi connectivity index (χ1v) is 8.39. The predicted molar refractivity (Wildman–Crippen MR) is 92.9 cm³/mol. The van der Waals surface area contributed by atoms with Gasteiger partial charge in [-0.2, -0.15) is 5.10 Å². The minimum Gasteiger partial charge on any atom is -0.486 e. The lowest BCUT2D eigenvalue weighted by Gasteiger charge is -2.28. The van der Waals surface area contributed by atoms with Crippen molar-refractivity contribution in [1.82, 2.24) is 10.3 Å². The van der Waals surface area contributed by atoms with E-state index in [1.54, 1.807) is 7.05 Å². The molecule has 2 amide bonds. The summed E-state index contributed by atoms with van der Waals surface area (Å²) in [6, 6.07) is 5.86. The number of benzene rings is 1. The molecule has 3 rings (SSSR count). The largest absolute Gasteiger partial charge is 0.486 e.